The molecule has 4 nitrogen and oxygen atoms in total. The van der Waals surface area contributed by atoms with E-state index in [1.165, 1.54) is 12.8 Å². The Morgan fingerprint density at radius 1 is 1.19 bits per heavy atom. The number of aliphatic hydroxyl groups is 1. The van der Waals surface area contributed by atoms with Crippen molar-refractivity contribution in [2.24, 2.45) is 0 Å². The Balaban J connectivity index is 1.90. The Kier molecular flexibility index (Phi) is 6.05. The average molecular weight is 291 g/mol. The Morgan fingerprint density at radius 2 is 1.81 bits per heavy atom. The summed E-state index contributed by atoms with van der Waals surface area (Å²) in [6, 6.07) is 7.57. The predicted molar refractivity (Wildman–Crippen MR) is 82.4 cm³/mol. The standard InChI is InChI=1S/C17H25NO3/c1-14(17(20)18-11-4-2-3-5-12-18)21-16-8-6-15(7-9-16)10-13-19/h6-9,14,19H,2-5,10-13H2,1H3. The Bertz CT molecular complexity index is 436. The molecular weight excluding hydrogens is 266 g/mol. The molecule has 1 N–H and O–H groups in total. The van der Waals surface area contributed by atoms with E-state index in [-0.39, 0.29) is 12.5 Å². The summed E-state index contributed by atoms with van der Waals surface area (Å²) in [5.41, 5.74) is 1.07. The summed E-state index contributed by atoms with van der Waals surface area (Å²) in [7, 11) is 0. The molecule has 0 spiro atoms. The highest BCUT2D eigenvalue weighted by atomic mass is 16.5. The molecule has 1 amide bonds. The second-order valence-corrected chi connectivity index (χ2v) is 5.62. The van der Waals surface area contributed by atoms with Crippen molar-refractivity contribution in [1.29, 1.82) is 0 Å². The van der Waals surface area contributed by atoms with Gasteiger partial charge in [-0.2, -0.15) is 0 Å². The van der Waals surface area contributed by atoms with Crippen molar-refractivity contribution in [3.63, 3.8) is 0 Å². The van der Waals surface area contributed by atoms with Gasteiger partial charge in [-0.3, -0.25) is 4.79 Å². The van der Waals surface area contributed by atoms with E-state index >= 15 is 0 Å². The van der Waals surface area contributed by atoms with E-state index in [1.54, 1.807) is 0 Å². The van der Waals surface area contributed by atoms with Crippen LogP contribution in [0.4, 0.5) is 0 Å². The summed E-state index contributed by atoms with van der Waals surface area (Å²) in [6.07, 6.45) is 4.80. The normalized spacial score (nSPS) is 17.1. The van der Waals surface area contributed by atoms with Gasteiger partial charge >= 0.3 is 0 Å². The van der Waals surface area contributed by atoms with Crippen LogP contribution in [0.1, 0.15) is 38.2 Å². The lowest BCUT2D eigenvalue weighted by Gasteiger charge is -2.24. The lowest BCUT2D eigenvalue weighted by Crippen LogP contribution is -2.40. The molecule has 1 atom stereocenters. The molecule has 1 fully saturated rings. The van der Waals surface area contributed by atoms with Crippen LogP contribution in [0.5, 0.6) is 5.75 Å². The Labute approximate surface area is 126 Å². The van der Waals surface area contributed by atoms with E-state index in [9.17, 15) is 4.79 Å². The molecule has 1 unspecified atom stereocenters. The number of rotatable bonds is 5. The number of carbonyl (C=O) groups excluding carboxylic acids is 1. The van der Waals surface area contributed by atoms with Crippen LogP contribution in [0.25, 0.3) is 0 Å². The number of likely N-dealkylation sites (tertiary alicyclic amines) is 1. The van der Waals surface area contributed by atoms with Crippen LogP contribution >= 0.6 is 0 Å². The largest absolute Gasteiger partial charge is 0.481 e. The van der Waals surface area contributed by atoms with Gasteiger partial charge in [-0.25, -0.2) is 0 Å². The predicted octanol–water partition coefficient (Wildman–Crippen LogP) is 2.39. The molecule has 0 radical (unpaired) electrons. The molecule has 21 heavy (non-hydrogen) atoms. The number of hydrogen-bond acceptors (Lipinski definition) is 3. The molecule has 0 saturated carbocycles. The first-order valence-electron chi connectivity index (χ1n) is 7.86. The van der Waals surface area contributed by atoms with E-state index in [2.05, 4.69) is 0 Å². The van der Waals surface area contributed by atoms with Gasteiger partial charge in [0.2, 0.25) is 0 Å². The summed E-state index contributed by atoms with van der Waals surface area (Å²) in [4.78, 5) is 14.3. The lowest BCUT2D eigenvalue weighted by molar-refractivity contribution is -0.137. The van der Waals surface area contributed by atoms with Gasteiger partial charge < -0.3 is 14.7 Å². The minimum absolute atomic E-state index is 0.0799. The van der Waals surface area contributed by atoms with Crippen molar-refractivity contribution in [2.45, 2.75) is 45.1 Å². The molecule has 116 valence electrons. The molecule has 0 bridgehead atoms. The topological polar surface area (TPSA) is 49.8 Å². The van der Waals surface area contributed by atoms with Crippen molar-refractivity contribution in [1.82, 2.24) is 4.90 Å². The fourth-order valence-electron chi connectivity index (χ4n) is 2.67. The third kappa shape index (κ3) is 4.74. The second-order valence-electron chi connectivity index (χ2n) is 5.62. The first-order chi connectivity index (χ1) is 10.2. The summed E-state index contributed by atoms with van der Waals surface area (Å²) >= 11 is 0. The van der Waals surface area contributed by atoms with Gasteiger partial charge in [0.15, 0.2) is 6.10 Å². The maximum Gasteiger partial charge on any atom is 0.263 e. The Morgan fingerprint density at radius 3 is 2.38 bits per heavy atom. The van der Waals surface area contributed by atoms with Crippen molar-refractivity contribution in [2.75, 3.05) is 19.7 Å². The SMILES string of the molecule is CC(Oc1ccc(CCO)cc1)C(=O)N1CCCCCC1. The van der Waals surface area contributed by atoms with Crippen molar-refractivity contribution in [3.05, 3.63) is 29.8 Å². The van der Waals surface area contributed by atoms with Crippen LogP contribution in [0.2, 0.25) is 0 Å². The molecule has 1 saturated heterocycles. The molecule has 1 aromatic carbocycles. The van der Waals surface area contributed by atoms with Crippen LogP contribution in [0.3, 0.4) is 0 Å². The molecule has 0 aliphatic carbocycles. The maximum absolute atomic E-state index is 12.4. The third-order valence-corrected chi connectivity index (χ3v) is 3.90. The monoisotopic (exact) mass is 291 g/mol. The summed E-state index contributed by atoms with van der Waals surface area (Å²) in [5.74, 6) is 0.781. The first-order valence-corrected chi connectivity index (χ1v) is 7.86. The fourth-order valence-corrected chi connectivity index (χ4v) is 2.67. The number of hydrogen-bond donors (Lipinski definition) is 1. The van der Waals surface area contributed by atoms with Crippen molar-refractivity contribution in [3.8, 4) is 5.75 Å². The third-order valence-electron chi connectivity index (χ3n) is 3.90. The average Bonchev–Trinajstić information content (AvgIpc) is 2.78. The van der Waals surface area contributed by atoms with Gasteiger partial charge in [0.25, 0.3) is 5.91 Å². The lowest BCUT2D eigenvalue weighted by atomic mass is 10.1. The first kappa shape index (κ1) is 15.8. The molecule has 2 rings (SSSR count). The molecule has 1 heterocycles. The second kappa shape index (κ2) is 8.03. The van der Waals surface area contributed by atoms with Gasteiger partial charge in [-0.15, -0.1) is 0 Å². The van der Waals surface area contributed by atoms with E-state index in [0.29, 0.717) is 12.2 Å². The molecule has 1 aromatic rings. The number of benzene rings is 1. The Hall–Kier alpha value is -1.55. The molecule has 1 aliphatic rings. The molecular formula is C17H25NO3. The molecule has 0 aromatic heterocycles. The highest BCUT2D eigenvalue weighted by Crippen LogP contribution is 2.16. The van der Waals surface area contributed by atoms with E-state index in [1.807, 2.05) is 36.1 Å². The zero-order chi connectivity index (χ0) is 15.1. The van der Waals surface area contributed by atoms with Crippen LogP contribution in [-0.2, 0) is 11.2 Å². The molecule has 1 aliphatic heterocycles. The van der Waals surface area contributed by atoms with Crippen molar-refractivity contribution < 1.29 is 14.6 Å². The number of ether oxygens (including phenoxy) is 1. The van der Waals surface area contributed by atoms with Crippen LogP contribution in [0, 0.1) is 0 Å². The number of aliphatic hydroxyl groups excluding tert-OH is 1. The zero-order valence-corrected chi connectivity index (χ0v) is 12.8. The van der Waals surface area contributed by atoms with Gasteiger partial charge in [0.05, 0.1) is 0 Å². The van der Waals surface area contributed by atoms with Crippen LogP contribution < -0.4 is 4.74 Å². The minimum Gasteiger partial charge on any atom is -0.481 e. The number of nitrogens with zero attached hydrogens (tertiary/aromatic N) is 1. The van der Waals surface area contributed by atoms with Gasteiger partial charge in [-0.1, -0.05) is 25.0 Å². The maximum atomic E-state index is 12.4. The van der Waals surface area contributed by atoms with E-state index < -0.39 is 6.10 Å². The smallest absolute Gasteiger partial charge is 0.263 e. The van der Waals surface area contributed by atoms with Gasteiger partial charge in [-0.05, 0) is 43.9 Å². The highest BCUT2D eigenvalue weighted by Gasteiger charge is 2.22. The quantitative estimate of drug-likeness (QED) is 0.906. The van der Waals surface area contributed by atoms with Gasteiger partial charge in [0, 0.05) is 19.7 Å². The zero-order valence-electron chi connectivity index (χ0n) is 12.8. The number of amides is 1. The summed E-state index contributed by atoms with van der Waals surface area (Å²) in [6.45, 7) is 3.66. The summed E-state index contributed by atoms with van der Waals surface area (Å²) in [5, 5.41) is 8.89. The minimum atomic E-state index is -0.452. The van der Waals surface area contributed by atoms with Crippen LogP contribution in [0.15, 0.2) is 24.3 Å². The van der Waals surface area contributed by atoms with Crippen molar-refractivity contribution >= 4 is 5.91 Å². The highest BCUT2D eigenvalue weighted by molar-refractivity contribution is 5.80. The van der Waals surface area contributed by atoms with Gasteiger partial charge in [0.1, 0.15) is 5.75 Å². The molecule has 4 heteroatoms. The fraction of sp³-hybridized carbons (Fsp3) is 0.588. The van der Waals surface area contributed by atoms with E-state index in [4.69, 9.17) is 9.84 Å². The number of carbonyl (C=O) groups is 1. The van der Waals surface area contributed by atoms with E-state index in [0.717, 1.165) is 31.5 Å². The van der Waals surface area contributed by atoms with Crippen LogP contribution in [-0.4, -0.2) is 41.7 Å². The summed E-state index contributed by atoms with van der Waals surface area (Å²) < 4.78 is 5.75.